The second kappa shape index (κ2) is 8.63. The lowest BCUT2D eigenvalue weighted by Crippen LogP contribution is -2.51. The predicted molar refractivity (Wildman–Crippen MR) is 120 cm³/mol. The highest BCUT2D eigenvalue weighted by molar-refractivity contribution is 5.94. The van der Waals surface area contributed by atoms with Gasteiger partial charge in [-0.3, -0.25) is 9.59 Å². The summed E-state index contributed by atoms with van der Waals surface area (Å²) in [5, 5.41) is 3.35. The van der Waals surface area contributed by atoms with E-state index in [1.54, 1.807) is 0 Å². The summed E-state index contributed by atoms with van der Waals surface area (Å²) in [5.74, 6) is 0.265. The maximum atomic E-state index is 13.4. The number of nitrogens with zero attached hydrogens (tertiary/aromatic N) is 1. The van der Waals surface area contributed by atoms with Crippen molar-refractivity contribution in [3.63, 3.8) is 0 Å². The van der Waals surface area contributed by atoms with Crippen molar-refractivity contribution in [3.8, 4) is 0 Å². The number of aryl methyl sites for hydroxylation is 2. The predicted octanol–water partition coefficient (Wildman–Crippen LogP) is 4.54. The topological polar surface area (TPSA) is 49.4 Å². The summed E-state index contributed by atoms with van der Waals surface area (Å²) in [4.78, 5) is 28.1. The first-order chi connectivity index (χ1) is 14.5. The van der Waals surface area contributed by atoms with Crippen LogP contribution in [0.3, 0.4) is 0 Å². The van der Waals surface area contributed by atoms with E-state index in [0.29, 0.717) is 13.1 Å². The van der Waals surface area contributed by atoms with Crippen LogP contribution < -0.4 is 5.32 Å². The lowest BCUT2D eigenvalue weighted by atomic mass is 9.77. The Morgan fingerprint density at radius 2 is 1.60 bits per heavy atom. The summed E-state index contributed by atoms with van der Waals surface area (Å²) in [5.41, 5.74) is 3.87. The van der Waals surface area contributed by atoms with E-state index >= 15 is 0 Å². The van der Waals surface area contributed by atoms with Gasteiger partial charge in [0.1, 0.15) is 0 Å². The van der Waals surface area contributed by atoms with Gasteiger partial charge < -0.3 is 10.2 Å². The highest BCUT2D eigenvalue weighted by Crippen LogP contribution is 2.41. The molecular formula is C26H32N2O2. The Kier molecular flexibility index (Phi) is 5.94. The molecule has 0 unspecified atom stereocenters. The molecule has 2 aliphatic rings. The lowest BCUT2D eigenvalue weighted by Gasteiger charge is -2.35. The first kappa shape index (κ1) is 20.6. The summed E-state index contributed by atoms with van der Waals surface area (Å²) < 4.78 is 0. The van der Waals surface area contributed by atoms with E-state index in [4.69, 9.17) is 0 Å². The van der Waals surface area contributed by atoms with Gasteiger partial charge in [0, 0.05) is 24.7 Å². The van der Waals surface area contributed by atoms with Crippen LogP contribution in [0.2, 0.25) is 0 Å². The summed E-state index contributed by atoms with van der Waals surface area (Å²) in [6.07, 6.45) is 5.68. The molecule has 1 aliphatic carbocycles. The SMILES string of the molecule is Cc1ccc(C(=O)N2CCC(NC(=O)C3(c4cccc(C)c4)CCCC3)CC2)cc1. The molecule has 2 amide bonds. The number of nitrogens with one attached hydrogen (secondary N) is 1. The first-order valence-electron chi connectivity index (χ1n) is 11.2. The molecule has 0 atom stereocenters. The molecule has 1 aliphatic heterocycles. The summed E-state index contributed by atoms with van der Waals surface area (Å²) in [6, 6.07) is 16.3. The molecule has 0 radical (unpaired) electrons. The van der Waals surface area contributed by atoms with Crippen molar-refractivity contribution in [2.45, 2.75) is 63.8 Å². The van der Waals surface area contributed by atoms with Crippen molar-refractivity contribution in [3.05, 3.63) is 70.8 Å². The summed E-state index contributed by atoms with van der Waals surface area (Å²) >= 11 is 0. The Balaban J connectivity index is 1.39. The van der Waals surface area contributed by atoms with E-state index in [2.05, 4.69) is 36.5 Å². The molecule has 1 saturated heterocycles. The number of hydrogen-bond donors (Lipinski definition) is 1. The molecule has 2 aromatic rings. The van der Waals surface area contributed by atoms with Crippen molar-refractivity contribution >= 4 is 11.8 Å². The zero-order chi connectivity index (χ0) is 21.1. The van der Waals surface area contributed by atoms with Crippen LogP contribution in [-0.2, 0) is 10.2 Å². The molecule has 2 fully saturated rings. The maximum absolute atomic E-state index is 13.4. The number of hydrogen-bond acceptors (Lipinski definition) is 2. The van der Waals surface area contributed by atoms with Crippen molar-refractivity contribution < 1.29 is 9.59 Å². The number of piperidine rings is 1. The molecule has 30 heavy (non-hydrogen) atoms. The van der Waals surface area contributed by atoms with E-state index in [9.17, 15) is 9.59 Å². The third-order valence-corrected chi connectivity index (χ3v) is 6.88. The van der Waals surface area contributed by atoms with Crippen molar-refractivity contribution in [1.82, 2.24) is 10.2 Å². The Morgan fingerprint density at radius 3 is 2.23 bits per heavy atom. The van der Waals surface area contributed by atoms with Crippen LogP contribution in [0, 0.1) is 13.8 Å². The minimum Gasteiger partial charge on any atom is -0.352 e. The molecule has 0 spiro atoms. The van der Waals surface area contributed by atoms with Gasteiger partial charge in [0.25, 0.3) is 5.91 Å². The number of rotatable bonds is 4. The number of amides is 2. The zero-order valence-corrected chi connectivity index (χ0v) is 18.1. The first-order valence-corrected chi connectivity index (χ1v) is 11.2. The van der Waals surface area contributed by atoms with Gasteiger partial charge >= 0.3 is 0 Å². The third-order valence-electron chi connectivity index (χ3n) is 6.88. The van der Waals surface area contributed by atoms with E-state index in [0.717, 1.165) is 55.2 Å². The van der Waals surface area contributed by atoms with Gasteiger partial charge in [-0.2, -0.15) is 0 Å². The van der Waals surface area contributed by atoms with Crippen molar-refractivity contribution in [2.24, 2.45) is 0 Å². The van der Waals surface area contributed by atoms with Crippen LogP contribution >= 0.6 is 0 Å². The van der Waals surface area contributed by atoms with Crippen LogP contribution in [0.4, 0.5) is 0 Å². The average Bonchev–Trinajstić information content (AvgIpc) is 3.26. The van der Waals surface area contributed by atoms with Gasteiger partial charge in [0.15, 0.2) is 0 Å². The van der Waals surface area contributed by atoms with Crippen LogP contribution in [0.25, 0.3) is 0 Å². The number of benzene rings is 2. The second-order valence-corrected chi connectivity index (χ2v) is 9.06. The molecule has 1 heterocycles. The van der Waals surface area contributed by atoms with E-state index < -0.39 is 0 Å². The summed E-state index contributed by atoms with van der Waals surface area (Å²) in [6.45, 7) is 5.49. The van der Waals surface area contributed by atoms with Crippen molar-refractivity contribution in [2.75, 3.05) is 13.1 Å². The standard InChI is InChI=1S/C26H32N2O2/c1-19-8-10-21(11-9-19)24(29)28-16-12-23(13-17-28)27-25(30)26(14-3-4-15-26)22-7-5-6-20(2)18-22/h5-11,18,23H,3-4,12-17H2,1-2H3,(H,27,30). The number of carbonyl (C=O) groups excluding carboxylic acids is 2. The van der Waals surface area contributed by atoms with Crippen molar-refractivity contribution in [1.29, 1.82) is 0 Å². The Bertz CT molecular complexity index is 905. The monoisotopic (exact) mass is 404 g/mol. The minimum absolute atomic E-state index is 0.0896. The van der Waals surface area contributed by atoms with Gasteiger partial charge in [-0.05, 0) is 57.2 Å². The Hall–Kier alpha value is -2.62. The molecule has 0 bridgehead atoms. The van der Waals surface area contributed by atoms with Gasteiger partial charge in [0.05, 0.1) is 5.41 Å². The Labute approximate surface area is 179 Å². The minimum atomic E-state index is -0.388. The highest BCUT2D eigenvalue weighted by Gasteiger charge is 2.43. The second-order valence-electron chi connectivity index (χ2n) is 9.06. The van der Waals surface area contributed by atoms with Crippen LogP contribution in [0.15, 0.2) is 48.5 Å². The molecule has 158 valence electrons. The quantitative estimate of drug-likeness (QED) is 0.814. The fourth-order valence-corrected chi connectivity index (χ4v) is 5.00. The van der Waals surface area contributed by atoms with E-state index in [1.807, 2.05) is 36.1 Å². The normalized spacial score (nSPS) is 18.9. The maximum Gasteiger partial charge on any atom is 0.253 e. The fourth-order valence-electron chi connectivity index (χ4n) is 5.00. The van der Waals surface area contributed by atoms with Crippen LogP contribution in [0.5, 0.6) is 0 Å². The zero-order valence-electron chi connectivity index (χ0n) is 18.1. The molecule has 2 aromatic carbocycles. The van der Waals surface area contributed by atoms with E-state index in [1.165, 1.54) is 5.56 Å². The molecule has 4 heteroatoms. The molecule has 1 N–H and O–H groups in total. The lowest BCUT2D eigenvalue weighted by molar-refractivity contribution is -0.127. The summed E-state index contributed by atoms with van der Waals surface area (Å²) in [7, 11) is 0. The third kappa shape index (κ3) is 4.14. The average molecular weight is 405 g/mol. The molecule has 1 saturated carbocycles. The van der Waals surface area contributed by atoms with E-state index in [-0.39, 0.29) is 23.3 Å². The number of carbonyl (C=O) groups is 2. The smallest absolute Gasteiger partial charge is 0.253 e. The highest BCUT2D eigenvalue weighted by atomic mass is 16.2. The fraction of sp³-hybridized carbons (Fsp3) is 0.462. The van der Waals surface area contributed by atoms with Crippen LogP contribution in [0.1, 0.15) is 65.6 Å². The van der Waals surface area contributed by atoms with Gasteiger partial charge in [0.2, 0.25) is 5.91 Å². The molecule has 4 rings (SSSR count). The number of likely N-dealkylation sites (tertiary alicyclic amines) is 1. The molecular weight excluding hydrogens is 372 g/mol. The Morgan fingerprint density at radius 1 is 0.933 bits per heavy atom. The molecule has 0 aromatic heterocycles. The largest absolute Gasteiger partial charge is 0.352 e. The molecule has 4 nitrogen and oxygen atoms in total. The van der Waals surface area contributed by atoms with Gasteiger partial charge in [-0.25, -0.2) is 0 Å². The van der Waals surface area contributed by atoms with Gasteiger partial charge in [-0.15, -0.1) is 0 Å². The van der Waals surface area contributed by atoms with Crippen LogP contribution in [-0.4, -0.2) is 35.8 Å². The van der Waals surface area contributed by atoms with Gasteiger partial charge in [-0.1, -0.05) is 60.4 Å².